The first-order chi connectivity index (χ1) is 10.2. The molecule has 108 valence electrons. The predicted octanol–water partition coefficient (Wildman–Crippen LogP) is 4.71. The average molecular weight is 321 g/mol. The van der Waals surface area contributed by atoms with Crippen LogP contribution in [0.3, 0.4) is 0 Å². The van der Waals surface area contributed by atoms with Crippen molar-refractivity contribution < 1.29 is 9.47 Å². The number of methoxy groups -OCH3 is 2. The van der Waals surface area contributed by atoms with E-state index >= 15 is 0 Å². The van der Waals surface area contributed by atoms with Gasteiger partial charge in [-0.2, -0.15) is 0 Å². The van der Waals surface area contributed by atoms with Crippen molar-refractivity contribution in [3.05, 3.63) is 41.4 Å². The van der Waals surface area contributed by atoms with Crippen molar-refractivity contribution in [2.75, 3.05) is 19.5 Å². The van der Waals surface area contributed by atoms with Crippen molar-refractivity contribution in [1.82, 2.24) is 4.98 Å². The van der Waals surface area contributed by atoms with Crippen LogP contribution < -0.4 is 14.8 Å². The Kier molecular flexibility index (Phi) is 3.86. The molecule has 4 nitrogen and oxygen atoms in total. The number of ether oxygens (including phenoxy) is 2. The van der Waals surface area contributed by atoms with E-state index in [4.69, 9.17) is 21.1 Å². The number of anilines is 2. The van der Waals surface area contributed by atoms with Crippen molar-refractivity contribution >= 4 is 44.0 Å². The van der Waals surface area contributed by atoms with E-state index in [1.54, 1.807) is 25.6 Å². The van der Waals surface area contributed by atoms with Crippen molar-refractivity contribution in [3.63, 3.8) is 0 Å². The molecule has 0 bridgehead atoms. The van der Waals surface area contributed by atoms with Gasteiger partial charge in [-0.25, -0.2) is 4.98 Å². The van der Waals surface area contributed by atoms with Crippen molar-refractivity contribution in [3.8, 4) is 11.5 Å². The lowest BCUT2D eigenvalue weighted by Gasteiger charge is -2.03. The van der Waals surface area contributed by atoms with Gasteiger partial charge >= 0.3 is 0 Å². The van der Waals surface area contributed by atoms with Crippen LogP contribution in [0, 0.1) is 0 Å². The number of aromatic nitrogens is 1. The molecule has 0 fully saturated rings. The van der Waals surface area contributed by atoms with Gasteiger partial charge in [0.25, 0.3) is 0 Å². The smallest absolute Gasteiger partial charge is 0.188 e. The van der Waals surface area contributed by atoms with E-state index in [2.05, 4.69) is 10.3 Å². The fraction of sp³-hybridized carbons (Fsp3) is 0.133. The fourth-order valence-corrected chi connectivity index (χ4v) is 3.02. The first-order valence-electron chi connectivity index (χ1n) is 6.25. The molecule has 1 aromatic heterocycles. The third-order valence-corrected chi connectivity index (χ3v) is 4.15. The predicted molar refractivity (Wildman–Crippen MR) is 87.5 cm³/mol. The number of thiazole rings is 1. The van der Waals surface area contributed by atoms with Gasteiger partial charge in [-0.15, -0.1) is 0 Å². The maximum Gasteiger partial charge on any atom is 0.188 e. The molecular formula is C15H13ClN2O2S. The van der Waals surface area contributed by atoms with Crippen LogP contribution in [0.5, 0.6) is 11.5 Å². The number of hydrogen-bond donors (Lipinski definition) is 1. The molecule has 1 heterocycles. The molecule has 0 saturated heterocycles. The van der Waals surface area contributed by atoms with E-state index in [1.165, 1.54) is 0 Å². The molecule has 0 amide bonds. The van der Waals surface area contributed by atoms with E-state index in [0.29, 0.717) is 10.8 Å². The van der Waals surface area contributed by atoms with Crippen molar-refractivity contribution in [2.45, 2.75) is 0 Å². The average Bonchev–Trinajstić information content (AvgIpc) is 2.90. The SMILES string of the molecule is COc1cc(OC)c2nc(Nc3ccc(Cl)cc3)sc2c1. The first-order valence-corrected chi connectivity index (χ1v) is 7.44. The Labute approximate surface area is 131 Å². The maximum atomic E-state index is 5.88. The number of benzene rings is 2. The van der Waals surface area contributed by atoms with Crippen LogP contribution >= 0.6 is 22.9 Å². The van der Waals surface area contributed by atoms with E-state index in [0.717, 1.165) is 26.8 Å². The molecule has 0 radical (unpaired) electrons. The summed E-state index contributed by atoms with van der Waals surface area (Å²) in [7, 11) is 3.26. The summed E-state index contributed by atoms with van der Waals surface area (Å²) in [5, 5.41) is 4.76. The quantitative estimate of drug-likeness (QED) is 0.756. The van der Waals surface area contributed by atoms with Crippen LogP contribution in [0.15, 0.2) is 36.4 Å². The Hall–Kier alpha value is -1.98. The molecule has 3 aromatic rings. The van der Waals surface area contributed by atoms with Gasteiger partial charge in [0.15, 0.2) is 5.13 Å². The zero-order valence-electron chi connectivity index (χ0n) is 11.5. The molecule has 1 N–H and O–H groups in total. The van der Waals surface area contributed by atoms with Gasteiger partial charge < -0.3 is 14.8 Å². The number of hydrogen-bond acceptors (Lipinski definition) is 5. The summed E-state index contributed by atoms with van der Waals surface area (Å²) in [4.78, 5) is 4.57. The topological polar surface area (TPSA) is 43.4 Å². The van der Waals surface area contributed by atoms with Gasteiger partial charge in [0, 0.05) is 16.8 Å². The van der Waals surface area contributed by atoms with Crippen LogP contribution in [0.2, 0.25) is 5.02 Å². The number of halogens is 1. The standard InChI is InChI=1S/C15H13ClN2O2S/c1-19-11-7-12(20-2)14-13(8-11)21-15(18-14)17-10-5-3-9(16)4-6-10/h3-8H,1-2H3,(H,17,18). The lowest BCUT2D eigenvalue weighted by Crippen LogP contribution is -1.89. The molecule has 0 spiro atoms. The molecule has 0 atom stereocenters. The zero-order chi connectivity index (χ0) is 14.8. The van der Waals surface area contributed by atoms with Gasteiger partial charge in [-0.3, -0.25) is 0 Å². The molecule has 2 aromatic carbocycles. The summed E-state index contributed by atoms with van der Waals surface area (Å²) in [5.74, 6) is 1.45. The van der Waals surface area contributed by atoms with Crippen LogP contribution in [-0.2, 0) is 0 Å². The molecule has 0 aliphatic rings. The molecule has 0 aliphatic carbocycles. The van der Waals surface area contributed by atoms with Gasteiger partial charge in [0.2, 0.25) is 0 Å². The van der Waals surface area contributed by atoms with Gasteiger partial charge in [-0.1, -0.05) is 22.9 Å². The molecule has 0 saturated carbocycles. The highest BCUT2D eigenvalue weighted by Crippen LogP contribution is 2.37. The highest BCUT2D eigenvalue weighted by Gasteiger charge is 2.11. The molecular weight excluding hydrogens is 308 g/mol. The van der Waals surface area contributed by atoms with Crippen LogP contribution in [0.4, 0.5) is 10.8 Å². The van der Waals surface area contributed by atoms with E-state index < -0.39 is 0 Å². The van der Waals surface area contributed by atoms with Crippen LogP contribution in [0.1, 0.15) is 0 Å². The van der Waals surface area contributed by atoms with E-state index in [-0.39, 0.29) is 0 Å². The second-order valence-electron chi connectivity index (χ2n) is 4.33. The van der Waals surface area contributed by atoms with Crippen LogP contribution in [0.25, 0.3) is 10.2 Å². The Morgan fingerprint density at radius 3 is 2.52 bits per heavy atom. The first kappa shape index (κ1) is 14.0. The molecule has 6 heteroatoms. The number of fused-ring (bicyclic) bond motifs is 1. The summed E-state index contributed by atoms with van der Waals surface area (Å²) >= 11 is 7.42. The third-order valence-electron chi connectivity index (χ3n) is 2.98. The highest BCUT2D eigenvalue weighted by molar-refractivity contribution is 7.22. The third kappa shape index (κ3) is 2.89. The summed E-state index contributed by atoms with van der Waals surface area (Å²) in [6, 6.07) is 11.3. The highest BCUT2D eigenvalue weighted by atomic mass is 35.5. The minimum absolute atomic E-state index is 0.699. The van der Waals surface area contributed by atoms with E-state index in [1.807, 2.05) is 36.4 Å². The lowest BCUT2D eigenvalue weighted by molar-refractivity contribution is 0.397. The van der Waals surface area contributed by atoms with Gasteiger partial charge in [0.1, 0.15) is 17.0 Å². The Morgan fingerprint density at radius 2 is 1.86 bits per heavy atom. The molecule has 21 heavy (non-hydrogen) atoms. The maximum absolute atomic E-state index is 5.88. The summed E-state index contributed by atoms with van der Waals surface area (Å²) < 4.78 is 11.6. The largest absolute Gasteiger partial charge is 0.497 e. The number of nitrogens with zero attached hydrogens (tertiary/aromatic N) is 1. The summed E-state index contributed by atoms with van der Waals surface area (Å²) in [6.45, 7) is 0. The Balaban J connectivity index is 1.98. The molecule has 3 rings (SSSR count). The summed E-state index contributed by atoms with van der Waals surface area (Å²) in [5.41, 5.74) is 1.75. The normalized spacial score (nSPS) is 10.6. The van der Waals surface area contributed by atoms with Crippen molar-refractivity contribution in [2.24, 2.45) is 0 Å². The fourth-order valence-electron chi connectivity index (χ4n) is 1.96. The minimum Gasteiger partial charge on any atom is -0.497 e. The summed E-state index contributed by atoms with van der Waals surface area (Å²) in [6.07, 6.45) is 0. The molecule has 0 unspecified atom stereocenters. The van der Waals surface area contributed by atoms with Crippen LogP contribution in [-0.4, -0.2) is 19.2 Å². The number of nitrogens with one attached hydrogen (secondary N) is 1. The second-order valence-corrected chi connectivity index (χ2v) is 5.79. The van der Waals surface area contributed by atoms with E-state index in [9.17, 15) is 0 Å². The lowest BCUT2D eigenvalue weighted by atomic mass is 10.3. The minimum atomic E-state index is 0.699. The monoisotopic (exact) mass is 320 g/mol. The molecule has 0 aliphatic heterocycles. The Bertz CT molecular complexity index is 771. The van der Waals surface area contributed by atoms with Gasteiger partial charge in [0.05, 0.1) is 18.9 Å². The zero-order valence-corrected chi connectivity index (χ0v) is 13.1. The Morgan fingerprint density at radius 1 is 1.10 bits per heavy atom. The number of rotatable bonds is 4. The van der Waals surface area contributed by atoms with Gasteiger partial charge in [-0.05, 0) is 30.3 Å². The second kappa shape index (κ2) is 5.79. The van der Waals surface area contributed by atoms with Crippen molar-refractivity contribution in [1.29, 1.82) is 0 Å².